The third kappa shape index (κ3) is 2.09. The number of phenols is 1. The van der Waals surface area contributed by atoms with Crippen LogP contribution in [-0.2, 0) is 6.42 Å². The first kappa shape index (κ1) is 13.4. The Labute approximate surface area is 122 Å². The highest BCUT2D eigenvalue weighted by Crippen LogP contribution is 2.31. The number of fused-ring (bicyclic) bond motifs is 1. The van der Waals surface area contributed by atoms with Crippen LogP contribution in [0.3, 0.4) is 0 Å². The van der Waals surface area contributed by atoms with Crippen molar-refractivity contribution in [1.29, 1.82) is 0 Å². The summed E-state index contributed by atoms with van der Waals surface area (Å²) in [6.07, 6.45) is 0.374. The summed E-state index contributed by atoms with van der Waals surface area (Å²) in [4.78, 5) is 12.1. The second-order valence-corrected chi connectivity index (χ2v) is 5.38. The highest BCUT2D eigenvalue weighted by Gasteiger charge is 2.27. The van der Waals surface area contributed by atoms with Crippen molar-refractivity contribution in [3.63, 3.8) is 0 Å². The Morgan fingerprint density at radius 1 is 1.05 bits per heavy atom. The number of phenolic OH excluding ortho intramolecular Hbond substituents is 1. The van der Waals surface area contributed by atoms with Gasteiger partial charge in [-0.25, -0.2) is 0 Å². The molecule has 3 rings (SSSR count). The molecule has 2 N–H and O–H groups in total. The van der Waals surface area contributed by atoms with Crippen molar-refractivity contribution >= 4 is 11.5 Å². The van der Waals surface area contributed by atoms with E-state index in [1.807, 2.05) is 44.2 Å². The number of carbonyl (C=O) groups is 1. The van der Waals surface area contributed by atoms with E-state index in [1.165, 1.54) is 0 Å². The van der Waals surface area contributed by atoms with Gasteiger partial charge in [0.2, 0.25) is 5.78 Å². The van der Waals surface area contributed by atoms with Gasteiger partial charge in [-0.05, 0) is 59.9 Å². The van der Waals surface area contributed by atoms with Gasteiger partial charge >= 0.3 is 0 Å². The molecule has 4 heteroatoms. The Kier molecular flexibility index (Phi) is 3.01. The topological polar surface area (TPSA) is 69.9 Å². The van der Waals surface area contributed by atoms with Crippen molar-refractivity contribution in [2.24, 2.45) is 5.16 Å². The maximum absolute atomic E-state index is 12.1. The molecule has 0 aliphatic heterocycles. The minimum atomic E-state index is -0.221. The van der Waals surface area contributed by atoms with Crippen molar-refractivity contribution in [3.8, 4) is 16.9 Å². The summed E-state index contributed by atoms with van der Waals surface area (Å²) < 4.78 is 0. The molecule has 0 saturated carbocycles. The van der Waals surface area contributed by atoms with E-state index < -0.39 is 0 Å². The van der Waals surface area contributed by atoms with Gasteiger partial charge in [-0.2, -0.15) is 0 Å². The first-order chi connectivity index (χ1) is 10.0. The molecular weight excluding hydrogens is 266 g/mol. The first-order valence-corrected chi connectivity index (χ1v) is 6.70. The molecule has 2 aromatic carbocycles. The molecule has 0 spiro atoms. The fraction of sp³-hybridized carbons (Fsp3) is 0.176. The van der Waals surface area contributed by atoms with E-state index in [0.29, 0.717) is 17.7 Å². The van der Waals surface area contributed by atoms with Crippen LogP contribution < -0.4 is 0 Å². The third-order valence-electron chi connectivity index (χ3n) is 3.92. The SMILES string of the molecule is Cc1cc(-c2ccc3c(c2)C(=O)/C(=N\O)C3)cc(C)c1O. The van der Waals surface area contributed by atoms with Crippen LogP contribution >= 0.6 is 0 Å². The number of rotatable bonds is 1. The molecule has 0 amide bonds. The first-order valence-electron chi connectivity index (χ1n) is 6.70. The smallest absolute Gasteiger partial charge is 0.211 e. The van der Waals surface area contributed by atoms with Crippen molar-refractivity contribution in [2.75, 3.05) is 0 Å². The van der Waals surface area contributed by atoms with E-state index in [4.69, 9.17) is 5.21 Å². The summed E-state index contributed by atoms with van der Waals surface area (Å²) in [7, 11) is 0. The molecule has 106 valence electrons. The number of ketones is 1. The van der Waals surface area contributed by atoms with Gasteiger partial charge in [0.25, 0.3) is 0 Å². The van der Waals surface area contributed by atoms with Crippen molar-refractivity contribution in [2.45, 2.75) is 20.3 Å². The number of hydrogen-bond donors (Lipinski definition) is 2. The van der Waals surface area contributed by atoms with E-state index >= 15 is 0 Å². The summed E-state index contributed by atoms with van der Waals surface area (Å²) in [6, 6.07) is 9.44. The molecule has 1 aliphatic rings. The second-order valence-electron chi connectivity index (χ2n) is 5.38. The van der Waals surface area contributed by atoms with E-state index in [-0.39, 0.29) is 11.5 Å². The lowest BCUT2D eigenvalue weighted by Crippen LogP contribution is -2.06. The van der Waals surface area contributed by atoms with E-state index in [9.17, 15) is 9.90 Å². The molecule has 0 fully saturated rings. The molecule has 0 saturated heterocycles. The van der Waals surface area contributed by atoms with Gasteiger partial charge in [-0.3, -0.25) is 4.79 Å². The number of nitrogens with zero attached hydrogens (tertiary/aromatic N) is 1. The summed E-state index contributed by atoms with van der Waals surface area (Å²) in [5.41, 5.74) is 5.11. The van der Waals surface area contributed by atoms with Crippen LogP contribution in [0.5, 0.6) is 5.75 Å². The number of Topliss-reactive ketones (excluding diaryl/α,β-unsaturated/α-hetero) is 1. The van der Waals surface area contributed by atoms with Crippen LogP contribution in [0.15, 0.2) is 35.5 Å². The maximum atomic E-state index is 12.1. The van der Waals surface area contributed by atoms with Crippen molar-refractivity contribution < 1.29 is 15.1 Å². The molecule has 1 aliphatic carbocycles. The molecule has 0 unspecified atom stereocenters. The Morgan fingerprint density at radius 3 is 2.33 bits per heavy atom. The van der Waals surface area contributed by atoms with Crippen LogP contribution in [0.25, 0.3) is 11.1 Å². The Bertz CT molecular complexity index is 768. The summed E-state index contributed by atoms with van der Waals surface area (Å²) in [6.45, 7) is 3.70. The van der Waals surface area contributed by atoms with Crippen LogP contribution in [0.4, 0.5) is 0 Å². The highest BCUT2D eigenvalue weighted by atomic mass is 16.4. The number of aromatic hydroxyl groups is 1. The van der Waals surface area contributed by atoms with Gasteiger partial charge in [-0.1, -0.05) is 17.3 Å². The van der Waals surface area contributed by atoms with Crippen LogP contribution in [-0.4, -0.2) is 21.8 Å². The number of carbonyl (C=O) groups excluding carboxylic acids is 1. The molecule has 0 bridgehead atoms. The lowest BCUT2D eigenvalue weighted by atomic mass is 9.97. The summed E-state index contributed by atoms with van der Waals surface area (Å²) in [5, 5.41) is 21.7. The fourth-order valence-corrected chi connectivity index (χ4v) is 2.74. The van der Waals surface area contributed by atoms with Gasteiger partial charge < -0.3 is 10.3 Å². The van der Waals surface area contributed by atoms with Crippen LogP contribution in [0.2, 0.25) is 0 Å². The summed E-state index contributed by atoms with van der Waals surface area (Å²) in [5.74, 6) is 0.0762. The quantitative estimate of drug-likeness (QED) is 0.622. The van der Waals surface area contributed by atoms with Gasteiger partial charge in [0.1, 0.15) is 11.5 Å². The number of aryl methyl sites for hydroxylation is 2. The van der Waals surface area contributed by atoms with Crippen LogP contribution in [0, 0.1) is 13.8 Å². The van der Waals surface area contributed by atoms with Crippen LogP contribution in [0.1, 0.15) is 27.0 Å². The Hall–Kier alpha value is -2.62. The van der Waals surface area contributed by atoms with Gasteiger partial charge in [0, 0.05) is 12.0 Å². The van der Waals surface area contributed by atoms with Gasteiger partial charge in [0.15, 0.2) is 0 Å². The average molecular weight is 281 g/mol. The number of benzene rings is 2. The molecule has 4 nitrogen and oxygen atoms in total. The standard InChI is InChI=1S/C17H15NO3/c1-9-5-13(6-10(2)16(9)19)11-3-4-12-8-15(18-21)17(20)14(12)7-11/h3-7,19,21H,8H2,1-2H3/b18-15-. The Morgan fingerprint density at radius 2 is 1.71 bits per heavy atom. The second kappa shape index (κ2) is 4.74. The molecule has 21 heavy (non-hydrogen) atoms. The lowest BCUT2D eigenvalue weighted by molar-refractivity contribution is 0.106. The third-order valence-corrected chi connectivity index (χ3v) is 3.92. The maximum Gasteiger partial charge on any atom is 0.211 e. The number of oxime groups is 1. The molecule has 0 radical (unpaired) electrons. The zero-order chi connectivity index (χ0) is 15.1. The molecule has 0 heterocycles. The normalized spacial score (nSPS) is 15.5. The van der Waals surface area contributed by atoms with Crippen molar-refractivity contribution in [3.05, 3.63) is 52.6 Å². The molecular formula is C17H15NO3. The van der Waals surface area contributed by atoms with Crippen molar-refractivity contribution in [1.82, 2.24) is 0 Å². The fourth-order valence-electron chi connectivity index (χ4n) is 2.74. The minimum absolute atomic E-state index is 0.181. The predicted octanol–water partition coefficient (Wildman–Crippen LogP) is 3.25. The van der Waals surface area contributed by atoms with E-state index in [0.717, 1.165) is 27.8 Å². The van der Waals surface area contributed by atoms with Gasteiger partial charge in [0.05, 0.1) is 0 Å². The highest BCUT2D eigenvalue weighted by molar-refractivity contribution is 6.49. The van der Waals surface area contributed by atoms with E-state index in [2.05, 4.69) is 5.16 Å². The zero-order valence-corrected chi connectivity index (χ0v) is 11.8. The molecule has 0 atom stereocenters. The summed E-state index contributed by atoms with van der Waals surface area (Å²) >= 11 is 0. The predicted molar refractivity (Wildman–Crippen MR) is 80.3 cm³/mol. The largest absolute Gasteiger partial charge is 0.507 e. The number of hydrogen-bond acceptors (Lipinski definition) is 4. The average Bonchev–Trinajstić information content (AvgIpc) is 2.80. The Balaban J connectivity index is 2.11. The molecule has 0 aromatic heterocycles. The lowest BCUT2D eigenvalue weighted by Gasteiger charge is -2.09. The van der Waals surface area contributed by atoms with E-state index in [1.54, 1.807) is 0 Å². The van der Waals surface area contributed by atoms with Gasteiger partial charge in [-0.15, -0.1) is 0 Å². The minimum Gasteiger partial charge on any atom is -0.507 e. The zero-order valence-electron chi connectivity index (χ0n) is 11.8. The molecule has 2 aromatic rings. The monoisotopic (exact) mass is 281 g/mol.